The van der Waals surface area contributed by atoms with Gasteiger partial charge in [0.2, 0.25) is 0 Å². The van der Waals surface area contributed by atoms with Gasteiger partial charge in [-0.05, 0) is 47.5 Å². The van der Waals surface area contributed by atoms with E-state index in [4.69, 9.17) is 13.8 Å². The average Bonchev–Trinajstić information content (AvgIpc) is 3.24. The molecule has 0 aliphatic rings. The molecule has 144 valence electrons. The molecule has 0 aliphatic heterocycles. The van der Waals surface area contributed by atoms with Crippen molar-refractivity contribution in [2.75, 3.05) is 0 Å². The monoisotopic (exact) mass is 390 g/mol. The van der Waals surface area contributed by atoms with Gasteiger partial charge in [-0.25, -0.2) is 0 Å². The van der Waals surface area contributed by atoms with Crippen LogP contribution in [0.1, 0.15) is 11.5 Å². The highest BCUT2D eigenvalue weighted by Crippen LogP contribution is 2.32. The molecule has 0 radical (unpaired) electrons. The van der Waals surface area contributed by atoms with E-state index in [1.807, 2.05) is 0 Å². The number of halogens is 3. The van der Waals surface area contributed by atoms with Crippen LogP contribution in [0.5, 0.6) is 11.6 Å². The highest BCUT2D eigenvalue weighted by atomic mass is 19.4. The van der Waals surface area contributed by atoms with Crippen molar-refractivity contribution in [3.05, 3.63) is 60.0 Å². The van der Waals surface area contributed by atoms with Gasteiger partial charge in [0.25, 0.3) is 5.88 Å². The fourth-order valence-electron chi connectivity index (χ4n) is 2.67. The number of nitrogens with zero attached hydrogens (tertiary/aromatic N) is 2. The average molecular weight is 390 g/mol. The molecular weight excluding hydrogens is 377 g/mol. The molecule has 4 rings (SSSR count). The molecule has 0 spiro atoms. The Bertz CT molecular complexity index is 1100. The van der Waals surface area contributed by atoms with E-state index in [0.717, 1.165) is 11.3 Å². The van der Waals surface area contributed by atoms with Crippen LogP contribution >= 0.6 is 0 Å². The second kappa shape index (κ2) is 6.91. The molecule has 0 saturated heterocycles. The van der Waals surface area contributed by atoms with Crippen LogP contribution in [0.25, 0.3) is 22.1 Å². The van der Waals surface area contributed by atoms with Crippen molar-refractivity contribution in [1.29, 1.82) is 0 Å². The number of rotatable bonds is 5. The third kappa shape index (κ3) is 3.93. The zero-order valence-electron chi connectivity index (χ0n) is 14.5. The minimum absolute atomic E-state index is 0.135. The van der Waals surface area contributed by atoms with Crippen molar-refractivity contribution >= 4 is 11.0 Å². The zero-order chi connectivity index (χ0) is 19.7. The SMILES string of the molecule is Cc1cc(COc2noc3ccc(-c4ccc(OC(F)(F)F)cc4)cc23)on1. The Labute approximate surface area is 156 Å². The quantitative estimate of drug-likeness (QED) is 0.462. The van der Waals surface area contributed by atoms with E-state index in [-0.39, 0.29) is 18.2 Å². The lowest BCUT2D eigenvalue weighted by Gasteiger charge is -2.09. The van der Waals surface area contributed by atoms with Crippen molar-refractivity contribution in [3.8, 4) is 22.8 Å². The van der Waals surface area contributed by atoms with E-state index in [0.29, 0.717) is 22.3 Å². The molecular formula is C19H13F3N2O4. The fourth-order valence-corrected chi connectivity index (χ4v) is 2.67. The standard InChI is InChI=1S/C19H13F3N2O4/c1-11-8-15(27-23-11)10-25-18-16-9-13(4-7-17(16)28-24-18)12-2-5-14(6-3-12)26-19(20,21)22/h2-9H,10H2,1H3. The first kappa shape index (κ1) is 17.9. The Morgan fingerprint density at radius 1 is 0.929 bits per heavy atom. The molecule has 0 saturated carbocycles. The maximum atomic E-state index is 12.3. The number of aryl methyl sites for hydroxylation is 1. The smallest absolute Gasteiger partial charge is 0.467 e. The molecule has 2 aromatic carbocycles. The van der Waals surface area contributed by atoms with Crippen molar-refractivity contribution in [3.63, 3.8) is 0 Å². The van der Waals surface area contributed by atoms with Gasteiger partial charge in [-0.15, -0.1) is 13.2 Å². The summed E-state index contributed by atoms with van der Waals surface area (Å²) in [6.45, 7) is 1.94. The van der Waals surface area contributed by atoms with E-state index < -0.39 is 6.36 Å². The molecule has 9 heteroatoms. The van der Waals surface area contributed by atoms with Crippen LogP contribution in [0.15, 0.2) is 57.6 Å². The van der Waals surface area contributed by atoms with Gasteiger partial charge in [-0.1, -0.05) is 23.4 Å². The first-order valence-corrected chi connectivity index (χ1v) is 8.18. The number of fused-ring (bicyclic) bond motifs is 1. The Balaban J connectivity index is 1.56. The van der Waals surface area contributed by atoms with Crippen molar-refractivity contribution in [2.24, 2.45) is 0 Å². The summed E-state index contributed by atoms with van der Waals surface area (Å²) in [7, 11) is 0. The van der Waals surface area contributed by atoms with Gasteiger partial charge in [0.1, 0.15) is 5.75 Å². The van der Waals surface area contributed by atoms with Gasteiger partial charge in [-0.2, -0.15) is 0 Å². The zero-order valence-corrected chi connectivity index (χ0v) is 14.5. The number of ether oxygens (including phenoxy) is 2. The van der Waals surface area contributed by atoms with Gasteiger partial charge in [0.05, 0.1) is 11.1 Å². The molecule has 0 aliphatic carbocycles. The van der Waals surface area contributed by atoms with Crippen molar-refractivity contribution in [1.82, 2.24) is 10.3 Å². The van der Waals surface area contributed by atoms with E-state index in [9.17, 15) is 13.2 Å². The van der Waals surface area contributed by atoms with Gasteiger partial charge < -0.3 is 18.5 Å². The largest absolute Gasteiger partial charge is 0.573 e. The van der Waals surface area contributed by atoms with Crippen LogP contribution in [-0.4, -0.2) is 16.7 Å². The molecule has 2 heterocycles. The van der Waals surface area contributed by atoms with E-state index in [1.54, 1.807) is 31.2 Å². The first-order chi connectivity index (χ1) is 13.4. The number of hydrogen-bond donors (Lipinski definition) is 0. The van der Waals surface area contributed by atoms with E-state index in [1.165, 1.54) is 24.3 Å². The molecule has 0 N–H and O–H groups in total. The predicted molar refractivity (Wildman–Crippen MR) is 91.7 cm³/mol. The summed E-state index contributed by atoms with van der Waals surface area (Å²) in [4.78, 5) is 0. The Hall–Kier alpha value is -3.49. The molecule has 0 atom stereocenters. The first-order valence-electron chi connectivity index (χ1n) is 8.18. The minimum atomic E-state index is -4.73. The molecule has 4 aromatic rings. The molecule has 2 aromatic heterocycles. The topological polar surface area (TPSA) is 70.5 Å². The van der Waals surface area contributed by atoms with Crippen LogP contribution in [0, 0.1) is 6.92 Å². The highest BCUT2D eigenvalue weighted by Gasteiger charge is 2.31. The van der Waals surface area contributed by atoms with Crippen LogP contribution in [0.2, 0.25) is 0 Å². The second-order valence-electron chi connectivity index (χ2n) is 5.99. The molecule has 0 fully saturated rings. The minimum Gasteiger partial charge on any atom is -0.467 e. The summed E-state index contributed by atoms with van der Waals surface area (Å²) in [6.07, 6.45) is -4.73. The van der Waals surface area contributed by atoms with Gasteiger partial charge in [0, 0.05) is 6.07 Å². The van der Waals surface area contributed by atoms with E-state index >= 15 is 0 Å². The molecule has 28 heavy (non-hydrogen) atoms. The highest BCUT2D eigenvalue weighted by molar-refractivity contribution is 5.87. The number of hydrogen-bond acceptors (Lipinski definition) is 6. The summed E-state index contributed by atoms with van der Waals surface area (Å²) in [5.74, 6) is 0.543. The molecule has 0 unspecified atom stereocenters. The Kier molecular flexibility index (Phi) is 4.42. The Morgan fingerprint density at radius 2 is 1.68 bits per heavy atom. The maximum Gasteiger partial charge on any atom is 0.573 e. The number of benzene rings is 2. The lowest BCUT2D eigenvalue weighted by atomic mass is 10.0. The molecule has 0 amide bonds. The van der Waals surface area contributed by atoms with Crippen molar-refractivity contribution < 1.29 is 31.7 Å². The summed E-state index contributed by atoms with van der Waals surface area (Å²) >= 11 is 0. The van der Waals surface area contributed by atoms with Crippen LogP contribution in [-0.2, 0) is 6.61 Å². The lowest BCUT2D eigenvalue weighted by molar-refractivity contribution is -0.274. The maximum absolute atomic E-state index is 12.3. The van der Waals surface area contributed by atoms with Gasteiger partial charge >= 0.3 is 6.36 Å². The number of alkyl halides is 3. The fraction of sp³-hybridized carbons (Fsp3) is 0.158. The third-order valence-corrected chi connectivity index (χ3v) is 3.89. The van der Waals surface area contributed by atoms with Crippen LogP contribution in [0.3, 0.4) is 0 Å². The molecule has 6 nitrogen and oxygen atoms in total. The predicted octanol–water partition coefficient (Wildman–Crippen LogP) is 5.27. The summed E-state index contributed by atoms with van der Waals surface area (Å²) in [5.41, 5.74) is 2.72. The van der Waals surface area contributed by atoms with Gasteiger partial charge in [0.15, 0.2) is 18.0 Å². The molecule has 0 bridgehead atoms. The summed E-state index contributed by atoms with van der Waals surface area (Å²) in [6, 6.07) is 12.6. The van der Waals surface area contributed by atoms with Crippen LogP contribution < -0.4 is 9.47 Å². The third-order valence-electron chi connectivity index (χ3n) is 3.89. The van der Waals surface area contributed by atoms with E-state index in [2.05, 4.69) is 15.1 Å². The van der Waals surface area contributed by atoms with Crippen molar-refractivity contribution in [2.45, 2.75) is 19.9 Å². The van der Waals surface area contributed by atoms with Gasteiger partial charge in [-0.3, -0.25) is 0 Å². The Morgan fingerprint density at radius 3 is 2.36 bits per heavy atom. The van der Waals surface area contributed by atoms with Crippen LogP contribution in [0.4, 0.5) is 13.2 Å². The number of aromatic nitrogens is 2. The summed E-state index contributed by atoms with van der Waals surface area (Å²) < 4.78 is 56.7. The summed E-state index contributed by atoms with van der Waals surface area (Å²) in [5, 5.41) is 8.31. The second-order valence-corrected chi connectivity index (χ2v) is 5.99. The normalized spacial score (nSPS) is 11.7. The lowest BCUT2D eigenvalue weighted by Crippen LogP contribution is -2.16.